The van der Waals surface area contributed by atoms with Crippen molar-refractivity contribution >= 4 is 11.3 Å². The zero-order valence-electron chi connectivity index (χ0n) is 10.5. The average molecular weight is 253 g/mol. The molecule has 1 aromatic rings. The predicted octanol–water partition coefficient (Wildman–Crippen LogP) is 3.60. The van der Waals surface area contributed by atoms with E-state index >= 15 is 0 Å². The lowest BCUT2D eigenvalue weighted by atomic mass is 9.90. The van der Waals surface area contributed by atoms with Crippen LogP contribution in [0, 0.1) is 5.92 Å². The molecule has 3 heteroatoms. The van der Waals surface area contributed by atoms with Crippen molar-refractivity contribution in [3.05, 3.63) is 16.3 Å². The summed E-state index contributed by atoms with van der Waals surface area (Å²) in [4.78, 5) is 1.40. The Morgan fingerprint density at radius 2 is 2.12 bits per heavy atom. The van der Waals surface area contributed by atoms with Crippen LogP contribution in [0.5, 0.6) is 5.75 Å². The van der Waals surface area contributed by atoms with E-state index in [9.17, 15) is 0 Å². The Balaban J connectivity index is 1.72. The van der Waals surface area contributed by atoms with E-state index < -0.39 is 0 Å². The second kappa shape index (κ2) is 7.02. The van der Waals surface area contributed by atoms with Crippen molar-refractivity contribution in [1.29, 1.82) is 0 Å². The minimum atomic E-state index is 0.774. The molecule has 1 aromatic heterocycles. The maximum atomic E-state index is 5.89. The number of ether oxygens (including phenoxy) is 1. The Morgan fingerprint density at radius 1 is 1.29 bits per heavy atom. The molecule has 0 amide bonds. The maximum Gasteiger partial charge on any atom is 0.130 e. The first-order valence-electron chi connectivity index (χ1n) is 6.79. The van der Waals surface area contributed by atoms with E-state index in [0.29, 0.717) is 0 Å². The van der Waals surface area contributed by atoms with Gasteiger partial charge in [0.1, 0.15) is 5.75 Å². The number of hydrogen-bond acceptors (Lipinski definition) is 3. The Kier molecular flexibility index (Phi) is 5.33. The predicted molar refractivity (Wildman–Crippen MR) is 73.8 cm³/mol. The summed E-state index contributed by atoms with van der Waals surface area (Å²) < 4.78 is 5.89. The zero-order valence-corrected chi connectivity index (χ0v) is 11.3. The van der Waals surface area contributed by atoms with Gasteiger partial charge in [-0.05, 0) is 44.2 Å². The van der Waals surface area contributed by atoms with Crippen molar-refractivity contribution in [2.45, 2.75) is 44.9 Å². The summed E-state index contributed by atoms with van der Waals surface area (Å²) in [5, 5.41) is 2.13. The standard InChI is InChI=1S/C14H23NOS/c15-8-4-7-14-9-13(11-17-14)16-10-12-5-2-1-3-6-12/h9,11-12H,1-8,10,15H2. The molecule has 1 heterocycles. The normalized spacial score (nSPS) is 17.2. The highest BCUT2D eigenvalue weighted by molar-refractivity contribution is 7.10. The molecule has 1 aliphatic carbocycles. The molecule has 17 heavy (non-hydrogen) atoms. The molecule has 0 spiro atoms. The summed E-state index contributed by atoms with van der Waals surface area (Å²) in [7, 11) is 0. The van der Waals surface area contributed by atoms with E-state index in [0.717, 1.165) is 37.7 Å². The van der Waals surface area contributed by atoms with Gasteiger partial charge in [-0.25, -0.2) is 0 Å². The minimum absolute atomic E-state index is 0.774. The topological polar surface area (TPSA) is 35.2 Å². The molecule has 96 valence electrons. The van der Waals surface area contributed by atoms with Crippen LogP contribution in [0.3, 0.4) is 0 Å². The van der Waals surface area contributed by atoms with Gasteiger partial charge in [-0.15, -0.1) is 11.3 Å². The third-order valence-electron chi connectivity index (χ3n) is 3.47. The van der Waals surface area contributed by atoms with E-state index in [4.69, 9.17) is 10.5 Å². The molecule has 0 atom stereocenters. The Bertz CT molecular complexity index is 318. The van der Waals surface area contributed by atoms with Crippen molar-refractivity contribution < 1.29 is 4.74 Å². The van der Waals surface area contributed by atoms with E-state index in [1.165, 1.54) is 37.0 Å². The second-order valence-corrected chi connectivity index (χ2v) is 5.95. The smallest absolute Gasteiger partial charge is 0.130 e. The van der Waals surface area contributed by atoms with Crippen LogP contribution in [0.15, 0.2) is 11.4 Å². The molecule has 0 saturated heterocycles. The highest BCUT2D eigenvalue weighted by Crippen LogP contribution is 2.27. The van der Waals surface area contributed by atoms with Crippen molar-refractivity contribution in [2.75, 3.05) is 13.2 Å². The first-order chi connectivity index (χ1) is 8.38. The Labute approximate surface area is 108 Å². The first kappa shape index (κ1) is 12.9. The van der Waals surface area contributed by atoms with Gasteiger partial charge in [-0.3, -0.25) is 0 Å². The van der Waals surface area contributed by atoms with Crippen LogP contribution in [0.4, 0.5) is 0 Å². The quantitative estimate of drug-likeness (QED) is 0.840. The Hall–Kier alpha value is -0.540. The van der Waals surface area contributed by atoms with Crippen molar-refractivity contribution in [2.24, 2.45) is 11.7 Å². The molecule has 1 fully saturated rings. The Morgan fingerprint density at radius 3 is 2.88 bits per heavy atom. The van der Waals surface area contributed by atoms with Gasteiger partial charge < -0.3 is 10.5 Å². The number of rotatable bonds is 6. The summed E-state index contributed by atoms with van der Waals surface area (Å²) in [5.74, 6) is 1.85. The molecule has 1 aliphatic rings. The lowest BCUT2D eigenvalue weighted by Crippen LogP contribution is -2.14. The number of hydrogen-bond donors (Lipinski definition) is 1. The van der Waals surface area contributed by atoms with E-state index in [1.807, 2.05) is 0 Å². The lowest BCUT2D eigenvalue weighted by molar-refractivity contribution is 0.209. The number of nitrogens with two attached hydrogens (primary N) is 1. The fourth-order valence-electron chi connectivity index (χ4n) is 2.41. The molecule has 0 aliphatic heterocycles. The molecular formula is C14H23NOS. The minimum Gasteiger partial charge on any atom is -0.492 e. The van der Waals surface area contributed by atoms with Crippen molar-refractivity contribution in [3.63, 3.8) is 0 Å². The molecule has 0 aromatic carbocycles. The van der Waals surface area contributed by atoms with Crippen molar-refractivity contribution in [1.82, 2.24) is 0 Å². The van der Waals surface area contributed by atoms with Crippen molar-refractivity contribution in [3.8, 4) is 5.75 Å². The fourth-order valence-corrected chi connectivity index (χ4v) is 3.26. The van der Waals surface area contributed by atoms with Crippen LogP contribution in [-0.2, 0) is 6.42 Å². The summed E-state index contributed by atoms with van der Waals surface area (Å²) in [5.41, 5.74) is 5.51. The average Bonchev–Trinajstić information content (AvgIpc) is 2.83. The van der Waals surface area contributed by atoms with Crippen LogP contribution < -0.4 is 10.5 Å². The SMILES string of the molecule is NCCCc1cc(OCC2CCCCC2)cs1. The summed E-state index contributed by atoms with van der Waals surface area (Å²) in [6.07, 6.45) is 9.06. The van der Waals surface area contributed by atoms with Crippen LogP contribution in [0.2, 0.25) is 0 Å². The monoisotopic (exact) mass is 253 g/mol. The number of thiophene rings is 1. The molecule has 2 nitrogen and oxygen atoms in total. The molecule has 2 N–H and O–H groups in total. The summed E-state index contributed by atoms with van der Waals surface area (Å²) in [6.45, 7) is 1.68. The second-order valence-electron chi connectivity index (χ2n) is 4.96. The molecular weight excluding hydrogens is 230 g/mol. The fraction of sp³-hybridized carbons (Fsp3) is 0.714. The van der Waals surface area contributed by atoms with Gasteiger partial charge in [0.15, 0.2) is 0 Å². The maximum absolute atomic E-state index is 5.89. The molecule has 1 saturated carbocycles. The lowest BCUT2D eigenvalue weighted by Gasteiger charge is -2.21. The highest BCUT2D eigenvalue weighted by Gasteiger charge is 2.14. The van der Waals surface area contributed by atoms with Gasteiger partial charge in [-0.2, -0.15) is 0 Å². The van der Waals surface area contributed by atoms with E-state index in [-0.39, 0.29) is 0 Å². The molecule has 0 unspecified atom stereocenters. The van der Waals surface area contributed by atoms with Gasteiger partial charge >= 0.3 is 0 Å². The largest absolute Gasteiger partial charge is 0.492 e. The third-order valence-corrected chi connectivity index (χ3v) is 4.44. The van der Waals surface area contributed by atoms with E-state index in [1.54, 1.807) is 11.3 Å². The van der Waals surface area contributed by atoms with Gasteiger partial charge in [0.25, 0.3) is 0 Å². The molecule has 0 radical (unpaired) electrons. The van der Waals surface area contributed by atoms with Gasteiger partial charge in [0.05, 0.1) is 6.61 Å². The van der Waals surface area contributed by atoms with Gasteiger partial charge in [0.2, 0.25) is 0 Å². The van der Waals surface area contributed by atoms with Gasteiger partial charge in [-0.1, -0.05) is 19.3 Å². The van der Waals surface area contributed by atoms with Crippen LogP contribution in [0.1, 0.15) is 43.4 Å². The first-order valence-corrected chi connectivity index (χ1v) is 7.66. The molecule has 2 rings (SSSR count). The summed E-state index contributed by atoms with van der Waals surface area (Å²) in [6, 6.07) is 2.18. The van der Waals surface area contributed by atoms with Crippen LogP contribution in [-0.4, -0.2) is 13.2 Å². The molecule has 0 bridgehead atoms. The number of aryl methyl sites for hydroxylation is 1. The van der Waals surface area contributed by atoms with Crippen LogP contribution >= 0.6 is 11.3 Å². The zero-order chi connectivity index (χ0) is 11.9. The van der Waals surface area contributed by atoms with Crippen LogP contribution in [0.25, 0.3) is 0 Å². The highest BCUT2D eigenvalue weighted by atomic mass is 32.1. The van der Waals surface area contributed by atoms with Gasteiger partial charge in [0, 0.05) is 10.3 Å². The van der Waals surface area contributed by atoms with E-state index in [2.05, 4.69) is 11.4 Å². The summed E-state index contributed by atoms with van der Waals surface area (Å²) >= 11 is 1.80. The third kappa shape index (κ3) is 4.32.